The number of halogens is 1. The zero-order chi connectivity index (χ0) is 40.5. The van der Waals surface area contributed by atoms with Crippen molar-refractivity contribution in [3.8, 4) is 11.5 Å². The van der Waals surface area contributed by atoms with Crippen molar-refractivity contribution >= 4 is 47.0 Å². The molecule has 6 aromatic rings. The number of fused-ring (bicyclic) bond motifs is 1. The highest BCUT2D eigenvalue weighted by atomic mass is 79.9. The number of rotatable bonds is 13. The molecule has 296 valence electrons. The Balaban J connectivity index is 1.47. The highest BCUT2D eigenvalue weighted by Crippen LogP contribution is 2.48. The first-order valence-corrected chi connectivity index (χ1v) is 22.6. The van der Waals surface area contributed by atoms with Crippen LogP contribution in [0.15, 0.2) is 120 Å². The fourth-order valence-electron chi connectivity index (χ4n) is 7.17. The molecule has 0 saturated carbocycles. The van der Waals surface area contributed by atoms with Crippen molar-refractivity contribution in [3.05, 3.63) is 143 Å². The van der Waals surface area contributed by atoms with E-state index in [1.807, 2.05) is 102 Å². The molecule has 57 heavy (non-hydrogen) atoms. The number of nitrogen functional groups attached to an aromatic ring is 1. The molecule has 0 radical (unpaired) electrons. The Labute approximate surface area is 342 Å². The molecule has 0 bridgehead atoms. The smallest absolute Gasteiger partial charge is 0.194 e. The first-order chi connectivity index (χ1) is 27.3. The van der Waals surface area contributed by atoms with Crippen LogP contribution in [-0.4, -0.2) is 66.2 Å². The SMILES string of the molecule is COc1ccc(C(OC(C(=O)c2ccccc2)[C@H]2O[C@@H](n3c(Br)nc4c(N)ncnc43)C[C@@H]2O[Si](C)(C)C(C)(C)C)(c2ccccc2)c2ccc(OC)cc2)cc1. The van der Waals surface area contributed by atoms with E-state index >= 15 is 4.79 Å². The number of nitrogens with two attached hydrogens (primary N) is 1. The molecule has 0 aliphatic carbocycles. The number of methoxy groups -OCH3 is 2. The number of anilines is 1. The lowest BCUT2D eigenvalue weighted by Gasteiger charge is -2.43. The molecule has 0 spiro atoms. The quantitative estimate of drug-likeness (QED) is 0.0519. The Morgan fingerprint density at radius 2 is 1.39 bits per heavy atom. The van der Waals surface area contributed by atoms with E-state index in [2.05, 4.69) is 64.7 Å². The molecular weight excluding hydrogens is 803 g/mol. The standard InChI is InChI=1S/C44H48BrN5O6Si/c1-43(2,3)57(6,7)56-34-26-35(50-41-36(49-42(50)45)40(46)47-27-48-41)54-38(34)39(37(51)28-14-10-8-11-15-28)55-44(29-16-12-9-13-17-29,30-18-22-32(52-4)23-19-30)31-20-24-33(53-5)25-21-31/h8-25,27,34-35,38-39H,26H2,1-7H3,(H2,46,47,48)/t34-,35+,38-,39?/m0/s1. The Morgan fingerprint density at radius 1 is 0.842 bits per heavy atom. The van der Waals surface area contributed by atoms with E-state index in [1.54, 1.807) is 26.4 Å². The number of aromatic nitrogens is 4. The number of ketones is 1. The van der Waals surface area contributed by atoms with Gasteiger partial charge in [0.05, 0.1) is 20.3 Å². The second kappa shape index (κ2) is 16.1. The minimum absolute atomic E-state index is 0.153. The van der Waals surface area contributed by atoms with Gasteiger partial charge in [-0.05, 0) is 75.0 Å². The number of benzene rings is 4. The van der Waals surface area contributed by atoms with Gasteiger partial charge in [-0.2, -0.15) is 0 Å². The van der Waals surface area contributed by atoms with Gasteiger partial charge in [0.15, 0.2) is 41.9 Å². The van der Waals surface area contributed by atoms with Gasteiger partial charge in [0.1, 0.15) is 35.8 Å². The molecule has 1 aliphatic heterocycles. The zero-order valence-corrected chi connectivity index (χ0v) is 35.8. The fourth-order valence-corrected chi connectivity index (χ4v) is 9.09. The number of carbonyl (C=O) groups excluding carboxylic acids is 1. The molecule has 11 nitrogen and oxygen atoms in total. The number of nitrogens with zero attached hydrogens (tertiary/aromatic N) is 4. The van der Waals surface area contributed by atoms with Crippen molar-refractivity contribution in [2.75, 3.05) is 20.0 Å². The summed E-state index contributed by atoms with van der Waals surface area (Å²) in [4.78, 5) is 28.7. The summed E-state index contributed by atoms with van der Waals surface area (Å²) < 4.78 is 35.6. The average Bonchev–Trinajstić information content (AvgIpc) is 3.78. The molecule has 4 atom stereocenters. The topological polar surface area (TPSA) is 133 Å². The first-order valence-electron chi connectivity index (χ1n) is 18.9. The maximum absolute atomic E-state index is 15.4. The molecule has 3 heterocycles. The maximum atomic E-state index is 15.4. The predicted molar refractivity (Wildman–Crippen MR) is 226 cm³/mol. The van der Waals surface area contributed by atoms with Gasteiger partial charge in [-0.3, -0.25) is 9.36 Å². The lowest BCUT2D eigenvalue weighted by molar-refractivity contribution is -0.125. The molecule has 13 heteroatoms. The van der Waals surface area contributed by atoms with Crippen molar-refractivity contribution in [3.63, 3.8) is 0 Å². The number of Topliss-reactive ketones (excluding diaryl/α,β-unsaturated/α-hetero) is 1. The predicted octanol–water partition coefficient (Wildman–Crippen LogP) is 9.13. The van der Waals surface area contributed by atoms with Crippen molar-refractivity contribution in [1.29, 1.82) is 0 Å². The highest BCUT2D eigenvalue weighted by Gasteiger charge is 2.53. The van der Waals surface area contributed by atoms with Gasteiger partial charge in [0.2, 0.25) is 0 Å². The van der Waals surface area contributed by atoms with Crippen LogP contribution in [0.25, 0.3) is 11.2 Å². The van der Waals surface area contributed by atoms with E-state index in [-0.39, 0.29) is 16.6 Å². The van der Waals surface area contributed by atoms with Crippen LogP contribution >= 0.6 is 15.9 Å². The third-order valence-corrected chi connectivity index (χ3v) is 16.3. The van der Waals surface area contributed by atoms with Gasteiger partial charge >= 0.3 is 0 Å². The third-order valence-electron chi connectivity index (χ3n) is 11.2. The minimum atomic E-state index is -2.49. The fraction of sp³-hybridized carbons (Fsp3) is 0.318. The van der Waals surface area contributed by atoms with Crippen molar-refractivity contribution in [1.82, 2.24) is 19.5 Å². The Kier molecular flexibility index (Phi) is 11.4. The minimum Gasteiger partial charge on any atom is -0.497 e. The van der Waals surface area contributed by atoms with E-state index in [1.165, 1.54) is 6.33 Å². The van der Waals surface area contributed by atoms with Crippen LogP contribution in [0.5, 0.6) is 11.5 Å². The van der Waals surface area contributed by atoms with Gasteiger partial charge in [0, 0.05) is 12.0 Å². The number of hydrogen-bond donors (Lipinski definition) is 1. The summed E-state index contributed by atoms with van der Waals surface area (Å²) in [5.41, 5.74) is 8.67. The number of imidazole rings is 1. The summed E-state index contributed by atoms with van der Waals surface area (Å²) in [6.45, 7) is 11.0. The summed E-state index contributed by atoms with van der Waals surface area (Å²) in [5.74, 6) is 1.35. The number of carbonyl (C=O) groups is 1. The second-order valence-electron chi connectivity index (χ2n) is 15.7. The van der Waals surface area contributed by atoms with E-state index in [9.17, 15) is 0 Å². The maximum Gasteiger partial charge on any atom is 0.194 e. The summed E-state index contributed by atoms with van der Waals surface area (Å²) in [6.07, 6.45) is -1.58. The van der Waals surface area contributed by atoms with Crippen molar-refractivity contribution in [2.24, 2.45) is 0 Å². The molecule has 1 aliphatic rings. The van der Waals surface area contributed by atoms with Gasteiger partial charge in [-0.1, -0.05) is 106 Å². The van der Waals surface area contributed by atoms with Crippen LogP contribution in [0.1, 0.15) is 60.5 Å². The third kappa shape index (κ3) is 7.74. The van der Waals surface area contributed by atoms with Gasteiger partial charge in [-0.15, -0.1) is 0 Å². The van der Waals surface area contributed by atoms with E-state index in [4.69, 9.17) is 29.1 Å². The molecule has 2 aromatic heterocycles. The molecular formula is C44H48BrN5O6Si. The molecule has 1 fully saturated rings. The van der Waals surface area contributed by atoms with Crippen LogP contribution in [0.4, 0.5) is 5.82 Å². The number of ether oxygens (including phenoxy) is 4. The molecule has 1 saturated heterocycles. The monoisotopic (exact) mass is 849 g/mol. The van der Waals surface area contributed by atoms with Gasteiger partial charge < -0.3 is 29.1 Å². The summed E-state index contributed by atoms with van der Waals surface area (Å²) in [7, 11) is 0.772. The van der Waals surface area contributed by atoms with Gasteiger partial charge in [-0.25, -0.2) is 15.0 Å². The molecule has 7 rings (SSSR count). The Bertz CT molecular complexity index is 2270. The normalized spacial score (nSPS) is 18.1. The molecule has 2 N–H and O–H groups in total. The lowest BCUT2D eigenvalue weighted by atomic mass is 9.79. The summed E-state index contributed by atoms with van der Waals surface area (Å²) in [6, 6.07) is 34.6. The van der Waals surface area contributed by atoms with E-state index < -0.39 is 38.5 Å². The van der Waals surface area contributed by atoms with Crippen LogP contribution in [-0.2, 0) is 19.5 Å². The Hall–Kier alpha value is -4.92. The van der Waals surface area contributed by atoms with Crippen molar-refractivity contribution in [2.45, 2.75) is 75.5 Å². The largest absolute Gasteiger partial charge is 0.497 e. The van der Waals surface area contributed by atoms with Crippen LogP contribution in [0.2, 0.25) is 18.1 Å². The van der Waals surface area contributed by atoms with E-state index in [0.717, 1.165) is 16.7 Å². The highest BCUT2D eigenvalue weighted by molar-refractivity contribution is 9.10. The van der Waals surface area contributed by atoms with Crippen LogP contribution in [0.3, 0.4) is 0 Å². The van der Waals surface area contributed by atoms with Crippen LogP contribution < -0.4 is 15.2 Å². The zero-order valence-electron chi connectivity index (χ0n) is 33.2. The Morgan fingerprint density at radius 3 is 1.93 bits per heavy atom. The number of hydrogen-bond acceptors (Lipinski definition) is 10. The lowest BCUT2D eigenvalue weighted by Crippen LogP contribution is -2.52. The van der Waals surface area contributed by atoms with Crippen molar-refractivity contribution < 1.29 is 28.2 Å². The second-order valence-corrected chi connectivity index (χ2v) is 21.1. The van der Waals surface area contributed by atoms with Gasteiger partial charge in [0.25, 0.3) is 0 Å². The summed E-state index contributed by atoms with van der Waals surface area (Å²) in [5, 5.41) is -0.153. The molecule has 4 aromatic carbocycles. The molecule has 1 unspecified atom stereocenters. The van der Waals surface area contributed by atoms with E-state index in [0.29, 0.717) is 39.4 Å². The molecule has 0 amide bonds. The average molecular weight is 851 g/mol. The first kappa shape index (κ1) is 40.3. The summed E-state index contributed by atoms with van der Waals surface area (Å²) >= 11 is 3.65. The van der Waals surface area contributed by atoms with Crippen LogP contribution in [0, 0.1) is 0 Å².